The topological polar surface area (TPSA) is 33.1 Å². The zero-order valence-electron chi connectivity index (χ0n) is 11.4. The molecule has 1 aromatic heterocycles. The van der Waals surface area contributed by atoms with Crippen LogP contribution in [0.1, 0.15) is 44.0 Å². The Bertz CT molecular complexity index is 524. The summed E-state index contributed by atoms with van der Waals surface area (Å²) in [6.07, 6.45) is 6.59. The van der Waals surface area contributed by atoms with E-state index in [1.165, 1.54) is 24.0 Å². The van der Waals surface area contributed by atoms with Crippen molar-refractivity contribution < 1.29 is 5.11 Å². The fourth-order valence-corrected chi connectivity index (χ4v) is 4.12. The summed E-state index contributed by atoms with van der Waals surface area (Å²) in [7, 11) is 0. The van der Waals surface area contributed by atoms with Crippen LogP contribution in [0.3, 0.4) is 0 Å². The zero-order chi connectivity index (χ0) is 13.3. The summed E-state index contributed by atoms with van der Waals surface area (Å²) in [5.74, 6) is 0. The maximum atomic E-state index is 10.6. The number of fused-ring (bicyclic) bond motifs is 1. The Morgan fingerprint density at radius 3 is 2.74 bits per heavy atom. The van der Waals surface area contributed by atoms with E-state index in [-0.39, 0.29) is 11.5 Å². The smallest absolute Gasteiger partial charge is 0.0964 e. The normalized spacial score (nSPS) is 20.5. The molecule has 1 aliphatic rings. The molecule has 0 radical (unpaired) electrons. The quantitative estimate of drug-likeness (QED) is 0.912. The second-order valence-corrected chi connectivity index (χ2v) is 7.13. The molecule has 1 atom stereocenters. The molecule has 2 nitrogen and oxygen atoms in total. The third kappa shape index (κ3) is 2.67. The van der Waals surface area contributed by atoms with Gasteiger partial charge in [0.2, 0.25) is 0 Å². The van der Waals surface area contributed by atoms with Gasteiger partial charge in [0.1, 0.15) is 0 Å². The number of hydrogen-bond donors (Lipinski definition) is 1. The summed E-state index contributed by atoms with van der Waals surface area (Å²) in [6.45, 7) is 2.24. The summed E-state index contributed by atoms with van der Waals surface area (Å²) >= 11 is 1.72. The van der Waals surface area contributed by atoms with Crippen molar-refractivity contribution in [2.75, 3.05) is 0 Å². The van der Waals surface area contributed by atoms with Gasteiger partial charge in [0.15, 0.2) is 0 Å². The molecule has 102 valence electrons. The van der Waals surface area contributed by atoms with E-state index in [1.807, 2.05) is 18.2 Å². The molecule has 0 saturated heterocycles. The maximum Gasteiger partial charge on any atom is 0.0964 e. The SMILES string of the molecule is CC1(C(O)Cc2nc3ccccc3s2)CCCCC1. The number of rotatable bonds is 3. The first-order chi connectivity index (χ1) is 9.17. The van der Waals surface area contributed by atoms with E-state index in [2.05, 4.69) is 18.0 Å². The van der Waals surface area contributed by atoms with Crippen LogP contribution in [0.25, 0.3) is 10.2 Å². The lowest BCUT2D eigenvalue weighted by molar-refractivity contribution is 0.0104. The number of hydrogen-bond acceptors (Lipinski definition) is 3. The van der Waals surface area contributed by atoms with Crippen molar-refractivity contribution in [1.29, 1.82) is 0 Å². The van der Waals surface area contributed by atoms with Crippen molar-refractivity contribution in [3.63, 3.8) is 0 Å². The summed E-state index contributed by atoms with van der Waals surface area (Å²) in [5.41, 5.74) is 1.15. The van der Waals surface area contributed by atoms with Gasteiger partial charge in [-0.15, -0.1) is 11.3 Å². The Morgan fingerprint density at radius 1 is 1.26 bits per heavy atom. The van der Waals surface area contributed by atoms with Gasteiger partial charge in [-0.1, -0.05) is 38.3 Å². The highest BCUT2D eigenvalue weighted by Crippen LogP contribution is 2.40. The van der Waals surface area contributed by atoms with E-state index in [9.17, 15) is 5.11 Å². The largest absolute Gasteiger partial charge is 0.392 e. The van der Waals surface area contributed by atoms with E-state index in [0.717, 1.165) is 23.4 Å². The number of aromatic nitrogens is 1. The first-order valence-corrected chi connectivity index (χ1v) is 8.02. The average Bonchev–Trinajstić information content (AvgIpc) is 2.81. The zero-order valence-corrected chi connectivity index (χ0v) is 12.2. The van der Waals surface area contributed by atoms with Crippen LogP contribution in [0.5, 0.6) is 0 Å². The molecule has 1 unspecified atom stereocenters. The lowest BCUT2D eigenvalue weighted by Gasteiger charge is -2.37. The monoisotopic (exact) mass is 275 g/mol. The summed E-state index contributed by atoms with van der Waals surface area (Å²) in [4.78, 5) is 4.64. The molecule has 1 aromatic carbocycles. The fourth-order valence-electron chi connectivity index (χ4n) is 3.11. The van der Waals surface area contributed by atoms with E-state index >= 15 is 0 Å². The maximum absolute atomic E-state index is 10.6. The van der Waals surface area contributed by atoms with Crippen LogP contribution in [-0.2, 0) is 6.42 Å². The highest BCUT2D eigenvalue weighted by molar-refractivity contribution is 7.18. The van der Waals surface area contributed by atoms with E-state index in [0.29, 0.717) is 6.42 Å². The van der Waals surface area contributed by atoms with Crippen LogP contribution in [0.4, 0.5) is 0 Å². The molecule has 0 aliphatic heterocycles. The molecule has 0 spiro atoms. The van der Waals surface area contributed by atoms with Gasteiger partial charge in [0.25, 0.3) is 0 Å². The molecule has 1 aliphatic carbocycles. The van der Waals surface area contributed by atoms with Gasteiger partial charge in [0.05, 0.1) is 21.3 Å². The lowest BCUT2D eigenvalue weighted by atomic mass is 9.71. The predicted molar refractivity (Wildman–Crippen MR) is 80.5 cm³/mol. The highest BCUT2D eigenvalue weighted by atomic mass is 32.1. The average molecular weight is 275 g/mol. The molecule has 0 amide bonds. The Hall–Kier alpha value is -0.930. The minimum absolute atomic E-state index is 0.0934. The summed E-state index contributed by atoms with van der Waals surface area (Å²) < 4.78 is 1.22. The summed E-state index contributed by atoms with van der Waals surface area (Å²) in [5, 5.41) is 11.6. The minimum atomic E-state index is -0.256. The van der Waals surface area contributed by atoms with Crippen LogP contribution in [0, 0.1) is 5.41 Å². The first kappa shape index (κ1) is 13.1. The van der Waals surface area contributed by atoms with Crippen LogP contribution in [0.15, 0.2) is 24.3 Å². The molecular weight excluding hydrogens is 254 g/mol. The van der Waals surface area contributed by atoms with Crippen molar-refractivity contribution in [1.82, 2.24) is 4.98 Å². The molecular formula is C16H21NOS. The second-order valence-electron chi connectivity index (χ2n) is 6.01. The van der Waals surface area contributed by atoms with Crippen molar-refractivity contribution in [3.05, 3.63) is 29.3 Å². The summed E-state index contributed by atoms with van der Waals surface area (Å²) in [6, 6.07) is 8.21. The van der Waals surface area contributed by atoms with E-state index < -0.39 is 0 Å². The number of aliphatic hydroxyl groups is 1. The highest BCUT2D eigenvalue weighted by Gasteiger charge is 2.34. The lowest BCUT2D eigenvalue weighted by Crippen LogP contribution is -2.35. The molecule has 1 N–H and O–H groups in total. The molecule has 0 bridgehead atoms. The van der Waals surface area contributed by atoms with Gasteiger partial charge in [0, 0.05) is 6.42 Å². The number of aliphatic hydroxyl groups excluding tert-OH is 1. The van der Waals surface area contributed by atoms with Crippen molar-refractivity contribution in [2.24, 2.45) is 5.41 Å². The Balaban J connectivity index is 1.76. The molecule has 1 heterocycles. The molecule has 3 rings (SSSR count). The number of para-hydroxylation sites is 1. The molecule has 19 heavy (non-hydrogen) atoms. The van der Waals surface area contributed by atoms with Gasteiger partial charge in [-0.2, -0.15) is 0 Å². The van der Waals surface area contributed by atoms with Gasteiger partial charge in [-0.25, -0.2) is 4.98 Å². The second kappa shape index (κ2) is 5.22. The van der Waals surface area contributed by atoms with Crippen molar-refractivity contribution >= 4 is 21.6 Å². The van der Waals surface area contributed by atoms with Gasteiger partial charge in [-0.05, 0) is 30.4 Å². The van der Waals surface area contributed by atoms with Crippen molar-refractivity contribution in [2.45, 2.75) is 51.6 Å². The fraction of sp³-hybridized carbons (Fsp3) is 0.562. The molecule has 3 heteroatoms. The Morgan fingerprint density at radius 2 is 2.00 bits per heavy atom. The molecule has 1 saturated carbocycles. The Kier molecular flexibility index (Phi) is 3.59. The van der Waals surface area contributed by atoms with Gasteiger partial charge >= 0.3 is 0 Å². The Labute approximate surface area is 118 Å². The number of nitrogens with zero attached hydrogens (tertiary/aromatic N) is 1. The molecule has 1 fully saturated rings. The van der Waals surface area contributed by atoms with Crippen LogP contribution in [-0.4, -0.2) is 16.2 Å². The third-order valence-corrected chi connectivity index (χ3v) is 5.57. The van der Waals surface area contributed by atoms with Crippen LogP contribution < -0.4 is 0 Å². The number of thiazole rings is 1. The van der Waals surface area contributed by atoms with Crippen LogP contribution >= 0.6 is 11.3 Å². The third-order valence-electron chi connectivity index (χ3n) is 4.51. The van der Waals surface area contributed by atoms with Gasteiger partial charge in [-0.3, -0.25) is 0 Å². The van der Waals surface area contributed by atoms with Crippen molar-refractivity contribution in [3.8, 4) is 0 Å². The van der Waals surface area contributed by atoms with Crippen LogP contribution in [0.2, 0.25) is 0 Å². The predicted octanol–water partition coefficient (Wildman–Crippen LogP) is 4.17. The van der Waals surface area contributed by atoms with Gasteiger partial charge < -0.3 is 5.11 Å². The standard InChI is InChI=1S/C16H21NOS/c1-16(9-5-2-6-10-16)14(18)11-15-17-12-7-3-4-8-13(12)19-15/h3-4,7-8,14,18H,2,5-6,9-11H2,1H3. The molecule has 2 aromatic rings. The first-order valence-electron chi connectivity index (χ1n) is 7.20. The minimum Gasteiger partial charge on any atom is -0.392 e. The number of benzene rings is 1. The van der Waals surface area contributed by atoms with E-state index in [4.69, 9.17) is 0 Å². The van der Waals surface area contributed by atoms with E-state index in [1.54, 1.807) is 11.3 Å².